The van der Waals surface area contributed by atoms with E-state index in [-0.39, 0.29) is 6.10 Å². The van der Waals surface area contributed by atoms with Gasteiger partial charge in [-0.3, -0.25) is 0 Å². The zero-order valence-corrected chi connectivity index (χ0v) is 16.3. The normalized spacial score (nSPS) is 13.4. The van der Waals surface area contributed by atoms with Gasteiger partial charge in [0.05, 0.1) is 6.10 Å². The van der Waals surface area contributed by atoms with Crippen LogP contribution in [0.3, 0.4) is 0 Å². The number of aromatic nitrogens is 3. The molecular weight excluding hydrogens is 316 g/mol. The summed E-state index contributed by atoms with van der Waals surface area (Å²) in [6.07, 6.45) is 8.45. The highest BCUT2D eigenvalue weighted by molar-refractivity contribution is 5.85. The molecule has 25 heavy (non-hydrogen) atoms. The highest BCUT2D eigenvalue weighted by Gasteiger charge is 2.07. The van der Waals surface area contributed by atoms with Crippen LogP contribution in [0, 0.1) is 5.92 Å². The lowest BCUT2D eigenvalue weighted by Gasteiger charge is -2.11. The Balaban J connectivity index is 2.97. The van der Waals surface area contributed by atoms with E-state index in [1.807, 2.05) is 26.8 Å². The summed E-state index contributed by atoms with van der Waals surface area (Å²) in [6, 6.07) is 0.358. The van der Waals surface area contributed by atoms with E-state index in [2.05, 4.69) is 49.2 Å². The van der Waals surface area contributed by atoms with Crippen molar-refractivity contribution in [3.63, 3.8) is 0 Å². The Kier molecular flexibility index (Phi) is 8.11. The fourth-order valence-electron chi connectivity index (χ4n) is 2.16. The van der Waals surface area contributed by atoms with Gasteiger partial charge in [0, 0.05) is 29.6 Å². The fourth-order valence-corrected chi connectivity index (χ4v) is 2.16. The summed E-state index contributed by atoms with van der Waals surface area (Å²) in [7, 11) is 0. The van der Waals surface area contributed by atoms with E-state index < -0.39 is 5.97 Å². The van der Waals surface area contributed by atoms with Gasteiger partial charge in [-0.25, -0.2) is 14.5 Å². The summed E-state index contributed by atoms with van der Waals surface area (Å²) in [4.78, 5) is 15.9. The quantitative estimate of drug-likeness (QED) is 0.442. The molecule has 0 radical (unpaired) electrons. The van der Waals surface area contributed by atoms with E-state index in [1.54, 1.807) is 6.33 Å². The second-order valence-electron chi connectivity index (χ2n) is 6.84. The topological polar surface area (TPSA) is 69.0 Å². The number of allylic oxidation sites excluding steroid dienone is 4. The molecule has 0 atom stereocenters. The summed E-state index contributed by atoms with van der Waals surface area (Å²) >= 11 is 0. The lowest BCUT2D eigenvalue weighted by molar-refractivity contribution is -0.141. The maximum atomic E-state index is 11.6. The Morgan fingerprint density at radius 1 is 1.24 bits per heavy atom. The number of nitrogens with zero attached hydrogens (tertiary/aromatic N) is 3. The summed E-state index contributed by atoms with van der Waals surface area (Å²) < 4.78 is 6.56. The number of carbonyl (C=O) groups excluding carboxylic acids is 1. The molecule has 6 nitrogen and oxygen atoms in total. The second-order valence-corrected chi connectivity index (χ2v) is 6.84. The van der Waals surface area contributed by atoms with E-state index in [1.165, 1.54) is 17.0 Å². The van der Waals surface area contributed by atoms with Gasteiger partial charge in [-0.15, -0.1) is 5.10 Å². The molecule has 0 saturated heterocycles. The van der Waals surface area contributed by atoms with Crippen LogP contribution in [0.1, 0.15) is 54.3 Å². The average molecular weight is 346 g/mol. The molecule has 1 rings (SSSR count). The molecule has 1 aromatic heterocycles. The van der Waals surface area contributed by atoms with Crippen LogP contribution < -0.4 is 5.32 Å². The van der Waals surface area contributed by atoms with Gasteiger partial charge < -0.3 is 10.1 Å². The van der Waals surface area contributed by atoms with Crippen LogP contribution >= 0.6 is 0 Å². The molecule has 1 N–H and O–H groups in total. The molecule has 138 valence electrons. The third kappa shape index (κ3) is 8.33. The van der Waals surface area contributed by atoms with Crippen molar-refractivity contribution in [2.24, 2.45) is 5.92 Å². The third-order valence-corrected chi connectivity index (χ3v) is 2.88. The van der Waals surface area contributed by atoms with Crippen molar-refractivity contribution < 1.29 is 9.53 Å². The highest BCUT2D eigenvalue weighted by atomic mass is 16.5. The van der Waals surface area contributed by atoms with Crippen LogP contribution in [0.15, 0.2) is 30.3 Å². The van der Waals surface area contributed by atoms with Crippen molar-refractivity contribution in [1.82, 2.24) is 20.1 Å². The van der Waals surface area contributed by atoms with Crippen molar-refractivity contribution in [2.45, 2.75) is 60.6 Å². The van der Waals surface area contributed by atoms with Crippen molar-refractivity contribution in [3.05, 3.63) is 36.1 Å². The first-order valence-corrected chi connectivity index (χ1v) is 8.64. The largest absolute Gasteiger partial charge is 0.460 e. The Hall–Kier alpha value is -2.37. The highest BCUT2D eigenvalue weighted by Crippen LogP contribution is 2.16. The van der Waals surface area contributed by atoms with E-state index in [9.17, 15) is 4.79 Å². The van der Waals surface area contributed by atoms with Gasteiger partial charge in [-0.2, -0.15) is 0 Å². The number of carbonyl (C=O) groups is 1. The van der Waals surface area contributed by atoms with Crippen molar-refractivity contribution in [2.75, 3.05) is 0 Å². The van der Waals surface area contributed by atoms with Crippen LogP contribution in [0.4, 0.5) is 0 Å². The zero-order valence-electron chi connectivity index (χ0n) is 16.3. The van der Waals surface area contributed by atoms with Gasteiger partial charge in [-0.05, 0) is 46.6 Å². The number of hydrogen-bond acceptors (Lipinski definition) is 5. The molecule has 0 amide bonds. The van der Waals surface area contributed by atoms with E-state index in [4.69, 9.17) is 4.74 Å². The van der Waals surface area contributed by atoms with Crippen LogP contribution in [0.25, 0.3) is 11.8 Å². The number of nitrogens with one attached hydrogen (secondary N) is 1. The van der Waals surface area contributed by atoms with Gasteiger partial charge in [0.2, 0.25) is 0 Å². The maximum Gasteiger partial charge on any atom is 0.332 e. The number of hydrogen-bond donors (Lipinski definition) is 1. The van der Waals surface area contributed by atoms with Gasteiger partial charge in [-0.1, -0.05) is 19.9 Å². The molecule has 0 fully saturated rings. The molecule has 0 aliphatic carbocycles. The molecule has 0 aliphatic rings. The summed E-state index contributed by atoms with van der Waals surface area (Å²) in [5, 5.41) is 7.78. The molecule has 0 saturated carbocycles. The molecule has 6 heteroatoms. The smallest absolute Gasteiger partial charge is 0.332 e. The average Bonchev–Trinajstić information content (AvgIpc) is 2.91. The van der Waals surface area contributed by atoms with Gasteiger partial charge in [0.15, 0.2) is 5.82 Å². The first kappa shape index (κ1) is 20.7. The Bertz CT molecular complexity index is 652. The molecule has 0 aliphatic heterocycles. The molecule has 1 aromatic rings. The van der Waals surface area contributed by atoms with Crippen LogP contribution in [0.5, 0.6) is 0 Å². The van der Waals surface area contributed by atoms with Crippen molar-refractivity contribution in [3.8, 4) is 0 Å². The maximum absolute atomic E-state index is 11.6. The van der Waals surface area contributed by atoms with Crippen LogP contribution in [-0.4, -0.2) is 32.9 Å². The first-order chi connectivity index (χ1) is 11.7. The molecule has 0 bridgehead atoms. The minimum atomic E-state index is -0.401. The third-order valence-electron chi connectivity index (χ3n) is 2.88. The standard InChI is InChI=1S/C19H30N4O2/c1-13(2)10-17(11-16(7)21-14(3)4)19-20-12-23(22-19)9-8-18(24)25-15(5)6/h8-15,21H,1-7H3/b9-8-,16-11+,17-10+. The Morgan fingerprint density at radius 3 is 2.48 bits per heavy atom. The van der Waals surface area contributed by atoms with E-state index in [0.29, 0.717) is 17.8 Å². The molecular formula is C19H30N4O2. The van der Waals surface area contributed by atoms with Crippen LogP contribution in [0.2, 0.25) is 0 Å². The van der Waals surface area contributed by atoms with Gasteiger partial charge in [0.1, 0.15) is 6.33 Å². The van der Waals surface area contributed by atoms with Gasteiger partial charge >= 0.3 is 5.97 Å². The first-order valence-electron chi connectivity index (χ1n) is 8.64. The van der Waals surface area contributed by atoms with Crippen molar-refractivity contribution in [1.29, 1.82) is 0 Å². The molecule has 0 aromatic carbocycles. The molecule has 1 heterocycles. The lowest BCUT2D eigenvalue weighted by atomic mass is 10.1. The SMILES string of the molecule is C/C(=C\C(=C/C(C)C)c1ncn(/C=C\C(=O)OC(C)C)n1)NC(C)C. The summed E-state index contributed by atoms with van der Waals surface area (Å²) in [5.74, 6) is 0.573. The van der Waals surface area contributed by atoms with E-state index in [0.717, 1.165) is 11.3 Å². The van der Waals surface area contributed by atoms with Crippen molar-refractivity contribution >= 4 is 17.7 Å². The zero-order chi connectivity index (χ0) is 19.0. The number of rotatable bonds is 8. The minimum absolute atomic E-state index is 0.148. The Morgan fingerprint density at radius 2 is 1.92 bits per heavy atom. The number of esters is 1. The number of ether oxygens (including phenoxy) is 1. The monoisotopic (exact) mass is 346 g/mol. The predicted octanol–water partition coefficient (Wildman–Crippen LogP) is 3.64. The summed E-state index contributed by atoms with van der Waals surface area (Å²) in [5.41, 5.74) is 1.99. The molecule has 0 spiro atoms. The van der Waals surface area contributed by atoms with Gasteiger partial charge in [0.25, 0.3) is 0 Å². The fraction of sp³-hybridized carbons (Fsp3) is 0.526. The minimum Gasteiger partial charge on any atom is -0.460 e. The Labute approximate surface area is 150 Å². The van der Waals surface area contributed by atoms with Crippen LogP contribution in [-0.2, 0) is 9.53 Å². The molecule has 0 unspecified atom stereocenters. The second kappa shape index (κ2) is 9.81. The lowest BCUT2D eigenvalue weighted by Crippen LogP contribution is -2.20. The summed E-state index contributed by atoms with van der Waals surface area (Å²) in [6.45, 7) is 14.0. The van der Waals surface area contributed by atoms with E-state index >= 15 is 0 Å². The predicted molar refractivity (Wildman–Crippen MR) is 101 cm³/mol.